The summed E-state index contributed by atoms with van der Waals surface area (Å²) in [5.74, 6) is -0.842. The van der Waals surface area contributed by atoms with Crippen LogP contribution in [0, 0.1) is 10.8 Å². The summed E-state index contributed by atoms with van der Waals surface area (Å²) in [5, 5.41) is 10.8. The quantitative estimate of drug-likeness (QED) is 0.666. The molecule has 0 saturated heterocycles. The van der Waals surface area contributed by atoms with Gasteiger partial charge >= 0.3 is 0 Å². The van der Waals surface area contributed by atoms with Crippen molar-refractivity contribution in [2.75, 3.05) is 0 Å². The smallest absolute Gasteiger partial charge is 0.0419 e. The molecule has 98 valence electrons. The summed E-state index contributed by atoms with van der Waals surface area (Å²) >= 11 is 0. The van der Waals surface area contributed by atoms with E-state index in [1.165, 1.54) is 44.9 Å². The highest BCUT2D eigenvalue weighted by Crippen LogP contribution is 2.59. The Morgan fingerprint density at radius 2 is 1.53 bits per heavy atom. The maximum Gasteiger partial charge on any atom is 0.0419 e. The fraction of sp³-hybridized carbons (Fsp3) is 0.933. The Morgan fingerprint density at radius 3 is 2.00 bits per heavy atom. The van der Waals surface area contributed by atoms with Gasteiger partial charge in [0.1, 0.15) is 0 Å². The third kappa shape index (κ3) is 2.83. The number of rotatable bonds is 6. The summed E-state index contributed by atoms with van der Waals surface area (Å²) in [7, 11) is 0. The molecule has 3 aliphatic carbocycles. The molecule has 0 unspecified atom stereocenters. The van der Waals surface area contributed by atoms with Crippen molar-refractivity contribution < 1.29 is 9.90 Å². The molecule has 2 bridgehead atoms. The fourth-order valence-electron chi connectivity index (χ4n) is 4.04. The molecule has 2 heteroatoms. The van der Waals surface area contributed by atoms with E-state index in [-0.39, 0.29) is 5.41 Å². The van der Waals surface area contributed by atoms with Crippen LogP contribution in [-0.4, -0.2) is 5.97 Å². The topological polar surface area (TPSA) is 40.1 Å². The van der Waals surface area contributed by atoms with Gasteiger partial charge in [-0.2, -0.15) is 0 Å². The van der Waals surface area contributed by atoms with Crippen molar-refractivity contribution in [2.45, 2.75) is 77.6 Å². The number of fused-ring (bicyclic) bond motifs is 3. The summed E-state index contributed by atoms with van der Waals surface area (Å²) in [4.78, 5) is 10.8. The predicted molar refractivity (Wildman–Crippen MR) is 66.3 cm³/mol. The van der Waals surface area contributed by atoms with E-state index in [9.17, 15) is 9.90 Å². The zero-order valence-corrected chi connectivity index (χ0v) is 11.1. The van der Waals surface area contributed by atoms with Gasteiger partial charge < -0.3 is 9.90 Å². The lowest BCUT2D eigenvalue weighted by atomic mass is 9.52. The van der Waals surface area contributed by atoms with Crippen molar-refractivity contribution in [1.29, 1.82) is 0 Å². The van der Waals surface area contributed by atoms with Crippen molar-refractivity contribution in [3.05, 3.63) is 0 Å². The van der Waals surface area contributed by atoms with Crippen LogP contribution in [0.5, 0.6) is 0 Å². The molecule has 0 atom stereocenters. The molecule has 0 aromatic rings. The van der Waals surface area contributed by atoms with Crippen molar-refractivity contribution in [2.24, 2.45) is 10.8 Å². The molecular formula is C15H25O2-. The molecule has 2 nitrogen and oxygen atoms in total. The number of carbonyl (C=O) groups is 1. The number of hydrogen-bond donors (Lipinski definition) is 0. The number of hydrogen-bond acceptors (Lipinski definition) is 2. The molecule has 0 amide bonds. The van der Waals surface area contributed by atoms with E-state index in [0.717, 1.165) is 19.3 Å². The average molecular weight is 237 g/mol. The van der Waals surface area contributed by atoms with Crippen LogP contribution < -0.4 is 5.11 Å². The van der Waals surface area contributed by atoms with Crippen LogP contribution in [0.2, 0.25) is 0 Å². The molecule has 17 heavy (non-hydrogen) atoms. The molecule has 0 radical (unpaired) electrons. The predicted octanol–water partition coefficient (Wildman–Crippen LogP) is 3.05. The second-order valence-corrected chi connectivity index (χ2v) is 6.51. The molecule has 0 spiro atoms. The largest absolute Gasteiger partial charge is 0.550 e. The molecule has 3 aliphatic rings. The summed E-state index contributed by atoms with van der Waals surface area (Å²) in [6.07, 6.45) is 12.9. The first kappa shape index (κ1) is 12.9. The fourth-order valence-corrected chi connectivity index (χ4v) is 4.04. The van der Waals surface area contributed by atoms with Crippen LogP contribution in [0.15, 0.2) is 0 Å². The highest BCUT2D eigenvalue weighted by Gasteiger charge is 2.47. The molecule has 3 fully saturated rings. The lowest BCUT2D eigenvalue weighted by Gasteiger charge is -2.54. The third-order valence-electron chi connectivity index (χ3n) is 5.39. The van der Waals surface area contributed by atoms with Gasteiger partial charge in [0.2, 0.25) is 0 Å². The number of aliphatic carboxylic acids is 1. The number of carboxylic acids is 1. The van der Waals surface area contributed by atoms with E-state index < -0.39 is 5.97 Å². The summed E-state index contributed by atoms with van der Waals surface area (Å²) in [5.41, 5.74) is 0.703. The average Bonchev–Trinajstić information content (AvgIpc) is 2.31. The van der Waals surface area contributed by atoms with Gasteiger partial charge in [0.05, 0.1) is 0 Å². The van der Waals surface area contributed by atoms with Crippen molar-refractivity contribution >= 4 is 5.97 Å². The normalized spacial score (nSPS) is 36.1. The van der Waals surface area contributed by atoms with E-state index in [0.29, 0.717) is 11.8 Å². The molecular weight excluding hydrogens is 212 g/mol. The zero-order valence-electron chi connectivity index (χ0n) is 11.1. The van der Waals surface area contributed by atoms with Gasteiger partial charge in [-0.1, -0.05) is 26.2 Å². The second kappa shape index (κ2) is 4.99. The van der Waals surface area contributed by atoms with E-state index in [1.807, 2.05) is 0 Å². The Hall–Kier alpha value is -0.530. The van der Waals surface area contributed by atoms with Gasteiger partial charge in [-0.05, 0) is 62.2 Å². The Labute approximate surface area is 105 Å². The zero-order chi connectivity index (χ0) is 12.4. The van der Waals surface area contributed by atoms with E-state index in [4.69, 9.17) is 0 Å². The number of carbonyl (C=O) groups excluding carboxylic acids is 1. The van der Waals surface area contributed by atoms with Crippen LogP contribution in [0.1, 0.15) is 77.6 Å². The summed E-state index contributed by atoms with van der Waals surface area (Å²) in [6.45, 7) is 2.25. The van der Waals surface area contributed by atoms with E-state index in [1.54, 1.807) is 0 Å². The first-order chi connectivity index (χ1) is 8.10. The molecule has 3 rings (SSSR count). The first-order valence-corrected chi connectivity index (χ1v) is 7.30. The van der Waals surface area contributed by atoms with Gasteiger partial charge in [-0.3, -0.25) is 0 Å². The molecule has 3 saturated carbocycles. The summed E-state index contributed by atoms with van der Waals surface area (Å²) in [6, 6.07) is 0. The minimum Gasteiger partial charge on any atom is -0.550 e. The van der Waals surface area contributed by atoms with E-state index >= 15 is 0 Å². The van der Waals surface area contributed by atoms with Gasteiger partial charge in [0.25, 0.3) is 0 Å². The van der Waals surface area contributed by atoms with Gasteiger partial charge in [0, 0.05) is 5.97 Å². The molecule has 0 aliphatic heterocycles. The third-order valence-corrected chi connectivity index (χ3v) is 5.39. The van der Waals surface area contributed by atoms with Crippen molar-refractivity contribution in [3.8, 4) is 0 Å². The van der Waals surface area contributed by atoms with Crippen molar-refractivity contribution in [3.63, 3.8) is 0 Å². The van der Waals surface area contributed by atoms with Crippen LogP contribution in [0.4, 0.5) is 0 Å². The molecule has 0 aromatic carbocycles. The number of carboxylic acid groups (broad SMARTS) is 1. The lowest BCUT2D eigenvalue weighted by Crippen LogP contribution is -2.44. The minimum absolute atomic E-state index is 0.116. The van der Waals surface area contributed by atoms with Crippen LogP contribution >= 0.6 is 0 Å². The van der Waals surface area contributed by atoms with Crippen LogP contribution in [0.3, 0.4) is 0 Å². The monoisotopic (exact) mass is 237 g/mol. The Kier molecular flexibility index (Phi) is 3.79. The van der Waals surface area contributed by atoms with Crippen LogP contribution in [-0.2, 0) is 4.79 Å². The summed E-state index contributed by atoms with van der Waals surface area (Å²) < 4.78 is 0. The maximum absolute atomic E-state index is 10.8. The minimum atomic E-state index is -0.842. The second-order valence-electron chi connectivity index (χ2n) is 6.51. The maximum atomic E-state index is 10.8. The lowest BCUT2D eigenvalue weighted by molar-refractivity contribution is -0.309. The van der Waals surface area contributed by atoms with Crippen LogP contribution in [0.25, 0.3) is 0 Å². The molecule has 0 N–H and O–H groups in total. The standard InChI is InChI=1S/C15H26O2/c1-2-3-4-5-14-6-9-15(10-7-14,11-8-14)12-13(16)17/h2-12H2,1H3,(H,16,17)/p-1. The van der Waals surface area contributed by atoms with Gasteiger partial charge in [0.15, 0.2) is 0 Å². The number of unbranched alkanes of at least 4 members (excludes halogenated alkanes) is 2. The van der Waals surface area contributed by atoms with Crippen molar-refractivity contribution in [1.82, 2.24) is 0 Å². The Balaban J connectivity index is 1.88. The van der Waals surface area contributed by atoms with E-state index in [2.05, 4.69) is 6.92 Å². The molecule has 0 heterocycles. The Morgan fingerprint density at radius 1 is 1.00 bits per heavy atom. The van der Waals surface area contributed by atoms with Gasteiger partial charge in [-0.15, -0.1) is 0 Å². The molecule has 0 aromatic heterocycles. The highest BCUT2D eigenvalue weighted by molar-refractivity contribution is 5.65. The first-order valence-electron chi connectivity index (χ1n) is 7.30. The Bertz CT molecular complexity index is 258. The highest BCUT2D eigenvalue weighted by atomic mass is 16.4. The SMILES string of the molecule is CCCCCC12CCC(CC(=O)[O-])(CC1)CC2. The van der Waals surface area contributed by atoms with Gasteiger partial charge in [-0.25, -0.2) is 0 Å².